The van der Waals surface area contributed by atoms with Gasteiger partial charge in [0.2, 0.25) is 0 Å². The Morgan fingerprint density at radius 1 is 1.00 bits per heavy atom. The second-order valence-electron chi connectivity index (χ2n) is 5.92. The van der Waals surface area contributed by atoms with Crippen LogP contribution < -0.4 is 5.32 Å². The smallest absolute Gasteiger partial charge is 0.252 e. The van der Waals surface area contributed by atoms with E-state index in [1.165, 1.54) is 0 Å². The van der Waals surface area contributed by atoms with Gasteiger partial charge in [0.05, 0.1) is 11.7 Å². The van der Waals surface area contributed by atoms with Gasteiger partial charge in [-0.2, -0.15) is 0 Å². The number of ketones is 1. The fourth-order valence-corrected chi connectivity index (χ4v) is 2.94. The number of carbonyl (C=O) groups is 2. The standard InChI is InChI=1S/C20H21NO3/c22-19(15-7-2-1-3-8-15)17-10-4-5-11-18(17)20(23)21-13-12-16-9-6-14-24-16/h1-5,7-8,10-11,16H,6,9,12-14H2,(H,21,23)/t16-/m1/s1. The van der Waals surface area contributed by atoms with Crippen molar-refractivity contribution in [1.82, 2.24) is 5.32 Å². The molecule has 1 aliphatic heterocycles. The third-order valence-electron chi connectivity index (χ3n) is 4.23. The Balaban J connectivity index is 1.69. The lowest BCUT2D eigenvalue weighted by Crippen LogP contribution is -2.28. The van der Waals surface area contributed by atoms with Gasteiger partial charge >= 0.3 is 0 Å². The van der Waals surface area contributed by atoms with Crippen LogP contribution in [0.5, 0.6) is 0 Å². The second-order valence-corrected chi connectivity index (χ2v) is 5.92. The van der Waals surface area contributed by atoms with Crippen molar-refractivity contribution in [2.75, 3.05) is 13.2 Å². The Morgan fingerprint density at radius 3 is 2.42 bits per heavy atom. The largest absolute Gasteiger partial charge is 0.378 e. The molecule has 24 heavy (non-hydrogen) atoms. The highest BCUT2D eigenvalue weighted by Crippen LogP contribution is 2.16. The zero-order chi connectivity index (χ0) is 16.8. The van der Waals surface area contributed by atoms with Crippen LogP contribution in [0.4, 0.5) is 0 Å². The molecule has 1 amide bonds. The zero-order valence-electron chi connectivity index (χ0n) is 13.5. The molecule has 1 saturated heterocycles. The normalized spacial score (nSPS) is 16.8. The van der Waals surface area contributed by atoms with Crippen LogP contribution in [-0.4, -0.2) is 30.9 Å². The molecule has 0 unspecified atom stereocenters. The maximum Gasteiger partial charge on any atom is 0.252 e. The van der Waals surface area contributed by atoms with Crippen LogP contribution in [0, 0.1) is 0 Å². The number of hydrogen-bond donors (Lipinski definition) is 1. The van der Waals surface area contributed by atoms with E-state index in [9.17, 15) is 9.59 Å². The van der Waals surface area contributed by atoms with Gasteiger partial charge < -0.3 is 10.1 Å². The van der Waals surface area contributed by atoms with Gasteiger partial charge in [0, 0.05) is 24.3 Å². The van der Waals surface area contributed by atoms with Crippen LogP contribution in [0.2, 0.25) is 0 Å². The molecule has 1 atom stereocenters. The number of benzene rings is 2. The molecule has 1 N–H and O–H groups in total. The molecular formula is C20H21NO3. The fraction of sp³-hybridized carbons (Fsp3) is 0.300. The molecule has 0 aliphatic carbocycles. The minimum Gasteiger partial charge on any atom is -0.378 e. The van der Waals surface area contributed by atoms with Crippen molar-refractivity contribution in [1.29, 1.82) is 0 Å². The van der Waals surface area contributed by atoms with Crippen LogP contribution >= 0.6 is 0 Å². The van der Waals surface area contributed by atoms with E-state index in [-0.39, 0.29) is 17.8 Å². The predicted octanol–water partition coefficient (Wildman–Crippen LogP) is 3.22. The summed E-state index contributed by atoms with van der Waals surface area (Å²) in [5, 5.41) is 2.90. The summed E-state index contributed by atoms with van der Waals surface area (Å²) in [6.45, 7) is 1.37. The highest BCUT2D eigenvalue weighted by atomic mass is 16.5. The maximum absolute atomic E-state index is 12.7. The van der Waals surface area contributed by atoms with Crippen LogP contribution in [0.15, 0.2) is 54.6 Å². The lowest BCUT2D eigenvalue weighted by Gasteiger charge is -2.12. The minimum absolute atomic E-state index is 0.138. The Bertz CT molecular complexity index is 706. The van der Waals surface area contributed by atoms with E-state index < -0.39 is 0 Å². The summed E-state index contributed by atoms with van der Waals surface area (Å²) in [6.07, 6.45) is 3.19. The fourth-order valence-electron chi connectivity index (χ4n) is 2.94. The molecule has 1 heterocycles. The van der Waals surface area contributed by atoms with Gasteiger partial charge in [-0.1, -0.05) is 48.5 Å². The molecule has 1 fully saturated rings. The number of rotatable bonds is 6. The van der Waals surface area contributed by atoms with E-state index in [2.05, 4.69) is 5.32 Å². The van der Waals surface area contributed by atoms with Gasteiger partial charge in [0.15, 0.2) is 5.78 Å². The van der Waals surface area contributed by atoms with Crippen LogP contribution in [0.3, 0.4) is 0 Å². The van der Waals surface area contributed by atoms with Crippen molar-refractivity contribution >= 4 is 11.7 Å². The van der Waals surface area contributed by atoms with E-state index in [4.69, 9.17) is 4.74 Å². The van der Waals surface area contributed by atoms with Gasteiger partial charge in [-0.25, -0.2) is 0 Å². The number of nitrogens with one attached hydrogen (secondary N) is 1. The Labute approximate surface area is 141 Å². The first-order valence-electron chi connectivity index (χ1n) is 8.34. The van der Waals surface area contributed by atoms with Crippen molar-refractivity contribution in [2.24, 2.45) is 0 Å². The molecule has 1 aliphatic rings. The zero-order valence-corrected chi connectivity index (χ0v) is 13.5. The molecule has 0 radical (unpaired) electrons. The Kier molecular flexibility index (Phi) is 5.39. The molecule has 4 nitrogen and oxygen atoms in total. The Morgan fingerprint density at radius 2 is 1.71 bits per heavy atom. The first-order chi connectivity index (χ1) is 11.8. The van der Waals surface area contributed by atoms with Crippen molar-refractivity contribution in [3.63, 3.8) is 0 Å². The number of carbonyl (C=O) groups excluding carboxylic acids is 2. The van der Waals surface area contributed by atoms with Gasteiger partial charge in [-0.3, -0.25) is 9.59 Å². The third-order valence-corrected chi connectivity index (χ3v) is 4.23. The minimum atomic E-state index is -0.215. The molecule has 0 bridgehead atoms. The molecule has 2 aromatic rings. The third kappa shape index (κ3) is 3.89. The van der Waals surface area contributed by atoms with Gasteiger partial charge in [0.1, 0.15) is 0 Å². The van der Waals surface area contributed by atoms with Crippen LogP contribution in [0.25, 0.3) is 0 Å². The van der Waals surface area contributed by atoms with Gasteiger partial charge in [-0.15, -0.1) is 0 Å². The van der Waals surface area contributed by atoms with Crippen molar-refractivity contribution in [3.8, 4) is 0 Å². The summed E-state index contributed by atoms with van der Waals surface area (Å²) < 4.78 is 5.55. The molecule has 4 heteroatoms. The average molecular weight is 323 g/mol. The highest BCUT2D eigenvalue weighted by Gasteiger charge is 2.19. The molecule has 0 aromatic heterocycles. The van der Waals surface area contributed by atoms with Gasteiger partial charge in [0.25, 0.3) is 5.91 Å². The average Bonchev–Trinajstić information content (AvgIpc) is 3.15. The highest BCUT2D eigenvalue weighted by molar-refractivity contribution is 6.15. The second kappa shape index (κ2) is 7.88. The number of amides is 1. The molecule has 124 valence electrons. The summed E-state index contributed by atoms with van der Waals surface area (Å²) >= 11 is 0. The van der Waals surface area contributed by atoms with Gasteiger partial charge in [-0.05, 0) is 25.3 Å². The summed E-state index contributed by atoms with van der Waals surface area (Å²) in [7, 11) is 0. The Hall–Kier alpha value is -2.46. The van der Waals surface area contributed by atoms with Crippen molar-refractivity contribution < 1.29 is 14.3 Å². The molecular weight excluding hydrogens is 302 g/mol. The maximum atomic E-state index is 12.7. The van der Waals surface area contributed by atoms with Crippen molar-refractivity contribution in [3.05, 3.63) is 71.3 Å². The topological polar surface area (TPSA) is 55.4 Å². The monoisotopic (exact) mass is 323 g/mol. The lowest BCUT2D eigenvalue weighted by atomic mass is 9.98. The summed E-state index contributed by atoms with van der Waals surface area (Å²) in [5.74, 6) is -0.353. The van der Waals surface area contributed by atoms with Crippen LogP contribution in [-0.2, 0) is 4.74 Å². The molecule has 0 spiro atoms. The first kappa shape index (κ1) is 16.4. The lowest BCUT2D eigenvalue weighted by molar-refractivity contribution is 0.0900. The predicted molar refractivity (Wildman–Crippen MR) is 92.2 cm³/mol. The van der Waals surface area contributed by atoms with E-state index in [0.29, 0.717) is 23.2 Å². The van der Waals surface area contributed by atoms with Crippen molar-refractivity contribution in [2.45, 2.75) is 25.4 Å². The SMILES string of the molecule is O=C(NCC[C@H]1CCCO1)c1ccccc1C(=O)c1ccccc1. The van der Waals surface area contributed by atoms with E-state index in [1.54, 1.807) is 36.4 Å². The van der Waals surface area contributed by atoms with E-state index in [1.807, 2.05) is 18.2 Å². The number of hydrogen-bond acceptors (Lipinski definition) is 3. The molecule has 0 saturated carbocycles. The first-order valence-corrected chi connectivity index (χ1v) is 8.34. The summed E-state index contributed by atoms with van der Waals surface area (Å²) in [5.41, 5.74) is 1.43. The molecule has 2 aromatic carbocycles. The van der Waals surface area contributed by atoms with E-state index in [0.717, 1.165) is 25.9 Å². The quantitative estimate of drug-likeness (QED) is 0.831. The van der Waals surface area contributed by atoms with E-state index >= 15 is 0 Å². The summed E-state index contributed by atoms with van der Waals surface area (Å²) in [4.78, 5) is 25.1. The number of ether oxygens (including phenoxy) is 1. The summed E-state index contributed by atoms with van der Waals surface area (Å²) in [6, 6.07) is 16.0. The molecule has 3 rings (SSSR count). The van der Waals surface area contributed by atoms with Crippen LogP contribution in [0.1, 0.15) is 45.5 Å².